The van der Waals surface area contributed by atoms with Gasteiger partial charge in [0.05, 0.1) is 6.61 Å². The lowest BCUT2D eigenvalue weighted by atomic mass is 9.96. The van der Waals surface area contributed by atoms with Gasteiger partial charge >= 0.3 is 6.03 Å². The number of hydrogen-bond acceptors (Lipinski definition) is 2. The van der Waals surface area contributed by atoms with Crippen molar-refractivity contribution in [3.63, 3.8) is 0 Å². The number of rotatable bonds is 3. The molecule has 0 aliphatic heterocycles. The highest BCUT2D eigenvalue weighted by Crippen LogP contribution is 2.13. The van der Waals surface area contributed by atoms with Gasteiger partial charge in [0, 0.05) is 20.1 Å². The van der Waals surface area contributed by atoms with Crippen LogP contribution in [-0.4, -0.2) is 42.8 Å². The first-order valence-electron chi connectivity index (χ1n) is 4.46. The SMILES string of the molecule is CN(CC(C)(C)C)C(=O)NCCO. The molecule has 13 heavy (non-hydrogen) atoms. The fourth-order valence-corrected chi connectivity index (χ4v) is 1.08. The smallest absolute Gasteiger partial charge is 0.317 e. The Hall–Kier alpha value is -0.770. The molecule has 0 saturated carbocycles. The fourth-order valence-electron chi connectivity index (χ4n) is 1.08. The van der Waals surface area contributed by atoms with Gasteiger partial charge in [-0.15, -0.1) is 0 Å². The maximum absolute atomic E-state index is 11.3. The summed E-state index contributed by atoms with van der Waals surface area (Å²) in [6.07, 6.45) is 0. The van der Waals surface area contributed by atoms with Gasteiger partial charge in [0.1, 0.15) is 0 Å². The molecule has 4 heteroatoms. The molecule has 0 aliphatic carbocycles. The maximum atomic E-state index is 11.3. The monoisotopic (exact) mass is 188 g/mol. The number of hydrogen-bond donors (Lipinski definition) is 2. The Morgan fingerprint density at radius 1 is 1.46 bits per heavy atom. The van der Waals surface area contributed by atoms with Gasteiger partial charge in [-0.05, 0) is 5.41 Å². The molecule has 0 aromatic rings. The number of nitrogens with zero attached hydrogens (tertiary/aromatic N) is 1. The summed E-state index contributed by atoms with van der Waals surface area (Å²) in [7, 11) is 1.75. The summed E-state index contributed by atoms with van der Waals surface area (Å²) in [5, 5.41) is 11.1. The first-order chi connectivity index (χ1) is 5.87. The summed E-state index contributed by atoms with van der Waals surface area (Å²) < 4.78 is 0. The van der Waals surface area contributed by atoms with Crippen molar-refractivity contribution in [3.05, 3.63) is 0 Å². The van der Waals surface area contributed by atoms with E-state index in [-0.39, 0.29) is 18.1 Å². The lowest BCUT2D eigenvalue weighted by molar-refractivity contribution is 0.185. The topological polar surface area (TPSA) is 52.6 Å². The zero-order chi connectivity index (χ0) is 10.5. The average Bonchev–Trinajstić information content (AvgIpc) is 1.96. The van der Waals surface area contributed by atoms with Crippen LogP contribution in [-0.2, 0) is 0 Å². The summed E-state index contributed by atoms with van der Waals surface area (Å²) in [6, 6.07) is -0.135. The first kappa shape index (κ1) is 12.2. The number of nitrogens with one attached hydrogen (secondary N) is 1. The molecule has 2 amide bonds. The molecule has 0 aromatic heterocycles. The van der Waals surface area contributed by atoms with Crippen LogP contribution in [0, 0.1) is 5.41 Å². The van der Waals surface area contributed by atoms with Crippen molar-refractivity contribution in [2.24, 2.45) is 5.41 Å². The van der Waals surface area contributed by atoms with Gasteiger partial charge in [-0.1, -0.05) is 20.8 Å². The van der Waals surface area contributed by atoms with Crippen LogP contribution < -0.4 is 5.32 Å². The van der Waals surface area contributed by atoms with E-state index in [2.05, 4.69) is 26.1 Å². The summed E-state index contributed by atoms with van der Waals surface area (Å²) in [6.45, 7) is 7.21. The summed E-state index contributed by atoms with van der Waals surface area (Å²) in [5.74, 6) is 0. The van der Waals surface area contributed by atoms with Crippen LogP contribution in [0.2, 0.25) is 0 Å². The predicted octanol–water partition coefficient (Wildman–Crippen LogP) is 0.666. The number of aliphatic hydroxyl groups is 1. The first-order valence-corrected chi connectivity index (χ1v) is 4.46. The van der Waals surface area contributed by atoms with Gasteiger partial charge in [0.25, 0.3) is 0 Å². The number of carbonyl (C=O) groups excluding carboxylic acids is 1. The Morgan fingerprint density at radius 3 is 2.38 bits per heavy atom. The molecule has 4 nitrogen and oxygen atoms in total. The summed E-state index contributed by atoms with van der Waals surface area (Å²) in [4.78, 5) is 12.9. The standard InChI is InChI=1S/C9H20N2O2/c1-9(2,3)7-11(4)8(13)10-5-6-12/h12H,5-7H2,1-4H3,(H,10,13). The molecule has 0 aliphatic rings. The normalized spacial score (nSPS) is 11.2. The van der Waals surface area contributed by atoms with E-state index in [4.69, 9.17) is 5.11 Å². The molecule has 0 heterocycles. The third-order valence-electron chi connectivity index (χ3n) is 1.45. The van der Waals surface area contributed by atoms with Crippen molar-refractivity contribution in [2.45, 2.75) is 20.8 Å². The quantitative estimate of drug-likeness (QED) is 0.684. The molecule has 0 aromatic carbocycles. The van der Waals surface area contributed by atoms with Crippen LogP contribution in [0.3, 0.4) is 0 Å². The highest BCUT2D eigenvalue weighted by Gasteiger charge is 2.16. The minimum absolute atomic E-state index is 0.0188. The van der Waals surface area contributed by atoms with E-state index in [1.54, 1.807) is 11.9 Å². The van der Waals surface area contributed by atoms with E-state index in [0.29, 0.717) is 13.1 Å². The molecule has 0 bridgehead atoms. The molecule has 0 fully saturated rings. The zero-order valence-corrected chi connectivity index (χ0v) is 8.92. The fraction of sp³-hybridized carbons (Fsp3) is 0.889. The van der Waals surface area contributed by atoms with Crippen molar-refractivity contribution in [1.29, 1.82) is 0 Å². The Balaban J connectivity index is 3.83. The second-order valence-electron chi connectivity index (χ2n) is 4.37. The molecular formula is C9H20N2O2. The van der Waals surface area contributed by atoms with Gasteiger partial charge < -0.3 is 15.3 Å². The van der Waals surface area contributed by atoms with Crippen LogP contribution in [0.15, 0.2) is 0 Å². The molecule has 0 spiro atoms. The highest BCUT2D eigenvalue weighted by atomic mass is 16.3. The van der Waals surface area contributed by atoms with Gasteiger partial charge in [0.15, 0.2) is 0 Å². The summed E-state index contributed by atoms with van der Waals surface area (Å²) >= 11 is 0. The largest absolute Gasteiger partial charge is 0.395 e. The van der Waals surface area contributed by atoms with E-state index in [0.717, 1.165) is 0 Å². The van der Waals surface area contributed by atoms with Crippen molar-refractivity contribution < 1.29 is 9.90 Å². The van der Waals surface area contributed by atoms with Crippen LogP contribution in [0.5, 0.6) is 0 Å². The lowest BCUT2D eigenvalue weighted by Gasteiger charge is -2.26. The van der Waals surface area contributed by atoms with E-state index < -0.39 is 0 Å². The molecule has 78 valence electrons. The van der Waals surface area contributed by atoms with Crippen molar-refractivity contribution in [3.8, 4) is 0 Å². The molecular weight excluding hydrogens is 168 g/mol. The third kappa shape index (κ3) is 6.40. The van der Waals surface area contributed by atoms with Crippen LogP contribution in [0.4, 0.5) is 4.79 Å². The molecule has 0 unspecified atom stereocenters. The van der Waals surface area contributed by atoms with Crippen molar-refractivity contribution in [2.75, 3.05) is 26.7 Å². The van der Waals surface area contributed by atoms with Crippen LogP contribution in [0.25, 0.3) is 0 Å². The Labute approximate surface area is 79.9 Å². The van der Waals surface area contributed by atoms with E-state index >= 15 is 0 Å². The molecule has 2 N–H and O–H groups in total. The third-order valence-corrected chi connectivity index (χ3v) is 1.45. The van der Waals surface area contributed by atoms with Crippen LogP contribution >= 0.6 is 0 Å². The number of urea groups is 1. The molecule has 0 saturated heterocycles. The Morgan fingerprint density at radius 2 is 2.00 bits per heavy atom. The zero-order valence-electron chi connectivity index (χ0n) is 8.92. The van der Waals surface area contributed by atoms with Gasteiger partial charge in [-0.25, -0.2) is 4.79 Å². The number of amides is 2. The second-order valence-corrected chi connectivity index (χ2v) is 4.37. The van der Waals surface area contributed by atoms with E-state index in [1.165, 1.54) is 0 Å². The van der Waals surface area contributed by atoms with Crippen molar-refractivity contribution >= 4 is 6.03 Å². The lowest BCUT2D eigenvalue weighted by Crippen LogP contribution is -2.42. The average molecular weight is 188 g/mol. The predicted molar refractivity (Wildman–Crippen MR) is 52.6 cm³/mol. The van der Waals surface area contributed by atoms with Gasteiger partial charge in [-0.2, -0.15) is 0 Å². The Kier molecular flexibility index (Phi) is 4.77. The number of carbonyl (C=O) groups is 1. The molecule has 0 radical (unpaired) electrons. The van der Waals surface area contributed by atoms with Gasteiger partial charge in [-0.3, -0.25) is 0 Å². The minimum Gasteiger partial charge on any atom is -0.395 e. The minimum atomic E-state index is -0.135. The molecule has 0 rings (SSSR count). The van der Waals surface area contributed by atoms with E-state index in [1.807, 2.05) is 0 Å². The summed E-state index contributed by atoms with van der Waals surface area (Å²) in [5.41, 5.74) is 0.102. The maximum Gasteiger partial charge on any atom is 0.317 e. The van der Waals surface area contributed by atoms with Gasteiger partial charge in [0.2, 0.25) is 0 Å². The van der Waals surface area contributed by atoms with Crippen molar-refractivity contribution in [1.82, 2.24) is 10.2 Å². The number of aliphatic hydroxyl groups excluding tert-OH is 1. The van der Waals surface area contributed by atoms with E-state index in [9.17, 15) is 4.79 Å². The van der Waals surface area contributed by atoms with Crippen LogP contribution in [0.1, 0.15) is 20.8 Å². The Bertz CT molecular complexity index is 163. The second kappa shape index (κ2) is 5.07. The molecule has 0 atom stereocenters. The highest BCUT2D eigenvalue weighted by molar-refractivity contribution is 5.73.